The Balaban J connectivity index is 1.64. The monoisotopic (exact) mass is 404 g/mol. The first-order valence-corrected chi connectivity index (χ1v) is 9.61. The van der Waals surface area contributed by atoms with Gasteiger partial charge in [-0.3, -0.25) is 4.79 Å². The van der Waals surface area contributed by atoms with Gasteiger partial charge in [0.1, 0.15) is 12.4 Å². The van der Waals surface area contributed by atoms with Gasteiger partial charge in [0.25, 0.3) is 5.91 Å². The molecule has 30 heavy (non-hydrogen) atoms. The van der Waals surface area contributed by atoms with Gasteiger partial charge in [0, 0.05) is 11.1 Å². The lowest BCUT2D eigenvalue weighted by molar-refractivity contribution is 0.0954. The number of nitrogens with one attached hydrogen (secondary N) is 1. The Kier molecular flexibility index (Phi) is 7.44. The number of rotatable bonds is 9. The van der Waals surface area contributed by atoms with E-state index in [0.717, 1.165) is 11.1 Å². The van der Waals surface area contributed by atoms with E-state index >= 15 is 0 Å². The summed E-state index contributed by atoms with van der Waals surface area (Å²) in [6.07, 6.45) is 1.56. The SMILES string of the molecule is CCOc1ccc(C(=O)N/N=C/c2ccccc2OCc2ccccc2)cc1OC. The van der Waals surface area contributed by atoms with Crippen LogP contribution in [0.4, 0.5) is 0 Å². The van der Waals surface area contributed by atoms with Gasteiger partial charge in [-0.15, -0.1) is 0 Å². The second-order valence-corrected chi connectivity index (χ2v) is 6.31. The average Bonchev–Trinajstić information content (AvgIpc) is 2.79. The molecule has 0 saturated heterocycles. The third-order valence-corrected chi connectivity index (χ3v) is 4.25. The summed E-state index contributed by atoms with van der Waals surface area (Å²) in [4.78, 5) is 12.4. The van der Waals surface area contributed by atoms with E-state index in [0.29, 0.717) is 36.0 Å². The molecule has 6 nitrogen and oxygen atoms in total. The van der Waals surface area contributed by atoms with Crippen LogP contribution in [0.25, 0.3) is 0 Å². The van der Waals surface area contributed by atoms with E-state index in [2.05, 4.69) is 10.5 Å². The Labute approximate surface area is 176 Å². The van der Waals surface area contributed by atoms with Crippen molar-refractivity contribution in [2.75, 3.05) is 13.7 Å². The van der Waals surface area contributed by atoms with Gasteiger partial charge in [-0.2, -0.15) is 5.10 Å². The molecule has 154 valence electrons. The minimum absolute atomic E-state index is 0.352. The van der Waals surface area contributed by atoms with Gasteiger partial charge in [0.15, 0.2) is 11.5 Å². The number of para-hydroxylation sites is 1. The number of methoxy groups -OCH3 is 1. The number of hydrogen-bond acceptors (Lipinski definition) is 5. The van der Waals surface area contributed by atoms with Crippen molar-refractivity contribution in [1.29, 1.82) is 0 Å². The number of carbonyl (C=O) groups excluding carboxylic acids is 1. The smallest absolute Gasteiger partial charge is 0.271 e. The third kappa shape index (κ3) is 5.61. The van der Waals surface area contributed by atoms with E-state index in [1.165, 1.54) is 7.11 Å². The number of ether oxygens (including phenoxy) is 3. The topological polar surface area (TPSA) is 69.2 Å². The van der Waals surface area contributed by atoms with Crippen LogP contribution in [0.15, 0.2) is 77.9 Å². The minimum Gasteiger partial charge on any atom is -0.493 e. The fourth-order valence-electron chi connectivity index (χ4n) is 2.76. The second kappa shape index (κ2) is 10.7. The van der Waals surface area contributed by atoms with Crippen molar-refractivity contribution >= 4 is 12.1 Å². The molecular formula is C24H24N2O4. The van der Waals surface area contributed by atoms with Gasteiger partial charge in [-0.05, 0) is 42.8 Å². The lowest BCUT2D eigenvalue weighted by Gasteiger charge is -2.10. The van der Waals surface area contributed by atoms with Crippen LogP contribution in [0, 0.1) is 0 Å². The second-order valence-electron chi connectivity index (χ2n) is 6.31. The largest absolute Gasteiger partial charge is 0.493 e. The Hall–Kier alpha value is -3.80. The number of hydrogen-bond donors (Lipinski definition) is 1. The van der Waals surface area contributed by atoms with E-state index in [-0.39, 0.29) is 5.91 Å². The van der Waals surface area contributed by atoms with Gasteiger partial charge in [-0.25, -0.2) is 5.43 Å². The highest BCUT2D eigenvalue weighted by Crippen LogP contribution is 2.28. The van der Waals surface area contributed by atoms with Crippen LogP contribution in [-0.2, 0) is 6.61 Å². The number of amides is 1. The lowest BCUT2D eigenvalue weighted by atomic mass is 10.2. The zero-order valence-electron chi connectivity index (χ0n) is 17.0. The molecule has 0 aliphatic carbocycles. The van der Waals surface area contributed by atoms with Crippen molar-refractivity contribution < 1.29 is 19.0 Å². The van der Waals surface area contributed by atoms with Crippen molar-refractivity contribution in [2.24, 2.45) is 5.10 Å². The number of hydrazone groups is 1. The molecule has 0 aromatic heterocycles. The van der Waals surface area contributed by atoms with Crippen molar-refractivity contribution in [3.63, 3.8) is 0 Å². The first-order chi connectivity index (χ1) is 14.7. The van der Waals surface area contributed by atoms with Gasteiger partial charge in [0.05, 0.1) is 19.9 Å². The maximum Gasteiger partial charge on any atom is 0.271 e. The highest BCUT2D eigenvalue weighted by atomic mass is 16.5. The molecule has 6 heteroatoms. The summed E-state index contributed by atoms with van der Waals surface area (Å²) in [5.74, 6) is 1.41. The van der Waals surface area contributed by atoms with Crippen molar-refractivity contribution in [3.05, 3.63) is 89.5 Å². The van der Waals surface area contributed by atoms with E-state index in [1.54, 1.807) is 24.4 Å². The summed E-state index contributed by atoms with van der Waals surface area (Å²) in [5.41, 5.74) is 4.78. The maximum atomic E-state index is 12.4. The molecule has 1 N–H and O–H groups in total. The van der Waals surface area contributed by atoms with Gasteiger partial charge < -0.3 is 14.2 Å². The quantitative estimate of drug-likeness (QED) is 0.423. The van der Waals surface area contributed by atoms with Crippen LogP contribution in [0.1, 0.15) is 28.4 Å². The maximum absolute atomic E-state index is 12.4. The molecule has 0 spiro atoms. The third-order valence-electron chi connectivity index (χ3n) is 4.25. The summed E-state index contributed by atoms with van der Waals surface area (Å²) in [6.45, 7) is 2.85. The summed E-state index contributed by atoms with van der Waals surface area (Å²) in [6, 6.07) is 22.4. The number of benzene rings is 3. The Morgan fingerprint density at radius 3 is 2.47 bits per heavy atom. The summed E-state index contributed by atoms with van der Waals surface area (Å²) < 4.78 is 16.6. The molecule has 0 aliphatic heterocycles. The molecular weight excluding hydrogens is 380 g/mol. The van der Waals surface area contributed by atoms with E-state index < -0.39 is 0 Å². The van der Waals surface area contributed by atoms with E-state index in [9.17, 15) is 4.79 Å². The van der Waals surface area contributed by atoms with Crippen molar-refractivity contribution in [2.45, 2.75) is 13.5 Å². The van der Waals surface area contributed by atoms with Gasteiger partial charge in [0.2, 0.25) is 0 Å². The predicted octanol–water partition coefficient (Wildman–Crippen LogP) is 4.44. The van der Waals surface area contributed by atoms with Crippen molar-refractivity contribution in [1.82, 2.24) is 5.43 Å². The van der Waals surface area contributed by atoms with Crippen LogP contribution < -0.4 is 19.6 Å². The first kappa shape index (κ1) is 20.9. The molecule has 0 bridgehead atoms. The van der Waals surface area contributed by atoms with E-state index in [4.69, 9.17) is 14.2 Å². The van der Waals surface area contributed by atoms with Crippen LogP contribution in [0.3, 0.4) is 0 Å². The minimum atomic E-state index is -0.352. The average molecular weight is 404 g/mol. The molecule has 0 heterocycles. The molecule has 1 amide bonds. The first-order valence-electron chi connectivity index (χ1n) is 9.61. The molecule has 0 aliphatic rings. The van der Waals surface area contributed by atoms with Crippen LogP contribution in [-0.4, -0.2) is 25.8 Å². The van der Waals surface area contributed by atoms with Gasteiger partial charge in [-0.1, -0.05) is 42.5 Å². The van der Waals surface area contributed by atoms with Crippen LogP contribution in [0.2, 0.25) is 0 Å². The molecule has 0 saturated carbocycles. The molecule has 3 rings (SSSR count). The molecule has 3 aromatic carbocycles. The zero-order chi connectivity index (χ0) is 21.2. The Morgan fingerprint density at radius 2 is 1.70 bits per heavy atom. The lowest BCUT2D eigenvalue weighted by Crippen LogP contribution is -2.17. The fourth-order valence-corrected chi connectivity index (χ4v) is 2.76. The van der Waals surface area contributed by atoms with Crippen LogP contribution >= 0.6 is 0 Å². The molecule has 0 unspecified atom stereocenters. The fraction of sp³-hybridized carbons (Fsp3) is 0.167. The number of carbonyl (C=O) groups is 1. The normalized spacial score (nSPS) is 10.6. The van der Waals surface area contributed by atoms with Crippen LogP contribution in [0.5, 0.6) is 17.2 Å². The molecule has 0 fully saturated rings. The van der Waals surface area contributed by atoms with Gasteiger partial charge >= 0.3 is 0 Å². The Bertz CT molecular complexity index is 1000. The standard InChI is InChI=1S/C24H24N2O4/c1-3-29-22-14-13-19(15-23(22)28-2)24(27)26-25-16-20-11-7-8-12-21(20)30-17-18-9-5-4-6-10-18/h4-16H,3,17H2,1-2H3,(H,26,27)/b25-16+. The highest BCUT2D eigenvalue weighted by molar-refractivity contribution is 5.95. The summed E-state index contributed by atoms with van der Waals surface area (Å²) in [7, 11) is 1.53. The van der Waals surface area contributed by atoms with Crippen molar-refractivity contribution in [3.8, 4) is 17.2 Å². The van der Waals surface area contributed by atoms with E-state index in [1.807, 2.05) is 61.5 Å². The molecule has 0 radical (unpaired) electrons. The molecule has 3 aromatic rings. The summed E-state index contributed by atoms with van der Waals surface area (Å²) in [5, 5.41) is 4.07. The molecule has 0 atom stereocenters. The summed E-state index contributed by atoms with van der Waals surface area (Å²) >= 11 is 0. The predicted molar refractivity (Wildman–Crippen MR) is 116 cm³/mol. The number of nitrogens with zero attached hydrogens (tertiary/aromatic N) is 1. The highest BCUT2D eigenvalue weighted by Gasteiger charge is 2.10. The zero-order valence-corrected chi connectivity index (χ0v) is 17.0. The Morgan fingerprint density at radius 1 is 0.933 bits per heavy atom.